The van der Waals surface area contributed by atoms with Crippen molar-refractivity contribution in [2.24, 2.45) is 0 Å². The Morgan fingerprint density at radius 3 is 2.82 bits per heavy atom. The molecule has 5 heteroatoms. The van der Waals surface area contributed by atoms with E-state index in [1.54, 1.807) is 0 Å². The molecule has 0 aliphatic heterocycles. The van der Waals surface area contributed by atoms with Gasteiger partial charge in [-0.1, -0.05) is 6.92 Å². The minimum atomic E-state index is 0.352. The van der Waals surface area contributed by atoms with Gasteiger partial charge in [0.05, 0.1) is 0 Å². The molecule has 1 atom stereocenters. The summed E-state index contributed by atoms with van der Waals surface area (Å²) in [5.41, 5.74) is 1.25. The zero-order chi connectivity index (χ0) is 12.3. The second-order valence-electron chi connectivity index (χ2n) is 4.07. The van der Waals surface area contributed by atoms with Crippen LogP contribution in [-0.4, -0.2) is 21.8 Å². The Bertz CT molecular complexity index is 474. The Morgan fingerprint density at radius 1 is 1.41 bits per heavy atom. The van der Waals surface area contributed by atoms with Crippen molar-refractivity contribution in [3.63, 3.8) is 0 Å². The summed E-state index contributed by atoms with van der Waals surface area (Å²) in [7, 11) is 1.95. The van der Waals surface area contributed by atoms with Gasteiger partial charge in [-0.15, -0.1) is 10.2 Å². The van der Waals surface area contributed by atoms with Crippen molar-refractivity contribution in [3.05, 3.63) is 35.8 Å². The second kappa shape index (κ2) is 5.14. The lowest BCUT2D eigenvalue weighted by Gasteiger charge is -2.06. The van der Waals surface area contributed by atoms with Crippen molar-refractivity contribution in [3.8, 4) is 0 Å². The molecule has 0 radical (unpaired) electrons. The lowest BCUT2D eigenvalue weighted by atomic mass is 10.2. The van der Waals surface area contributed by atoms with Crippen LogP contribution in [0.4, 0.5) is 0 Å². The van der Waals surface area contributed by atoms with Crippen molar-refractivity contribution in [2.45, 2.75) is 32.9 Å². The van der Waals surface area contributed by atoms with Gasteiger partial charge in [0.2, 0.25) is 11.8 Å². The van der Waals surface area contributed by atoms with Crippen LogP contribution in [0.15, 0.2) is 22.9 Å². The van der Waals surface area contributed by atoms with Gasteiger partial charge in [-0.25, -0.2) is 0 Å². The number of rotatable bonds is 5. The third-order valence-corrected chi connectivity index (χ3v) is 2.84. The van der Waals surface area contributed by atoms with Crippen molar-refractivity contribution in [1.29, 1.82) is 0 Å². The molecule has 2 aromatic heterocycles. The van der Waals surface area contributed by atoms with Crippen molar-refractivity contribution in [1.82, 2.24) is 20.1 Å². The molecule has 0 aliphatic rings. The Morgan fingerprint density at radius 2 is 2.18 bits per heavy atom. The fourth-order valence-corrected chi connectivity index (χ4v) is 1.63. The molecule has 5 nitrogen and oxygen atoms in total. The van der Waals surface area contributed by atoms with Gasteiger partial charge in [0.25, 0.3) is 0 Å². The van der Waals surface area contributed by atoms with E-state index in [0.29, 0.717) is 24.4 Å². The summed E-state index contributed by atoms with van der Waals surface area (Å²) in [5, 5.41) is 11.2. The van der Waals surface area contributed by atoms with Crippen LogP contribution in [0.2, 0.25) is 0 Å². The molecule has 1 unspecified atom stereocenters. The van der Waals surface area contributed by atoms with Crippen LogP contribution in [0, 0.1) is 0 Å². The van der Waals surface area contributed by atoms with Crippen molar-refractivity contribution >= 4 is 0 Å². The quantitative estimate of drug-likeness (QED) is 0.856. The molecular weight excluding hydrogens is 216 g/mol. The average Bonchev–Trinajstić information content (AvgIpc) is 2.97. The molecule has 2 rings (SSSR count). The zero-order valence-electron chi connectivity index (χ0n) is 10.5. The van der Waals surface area contributed by atoms with Gasteiger partial charge in [-0.2, -0.15) is 0 Å². The number of aromatic nitrogens is 3. The zero-order valence-corrected chi connectivity index (χ0v) is 10.5. The first-order chi connectivity index (χ1) is 8.22. The van der Waals surface area contributed by atoms with Gasteiger partial charge < -0.3 is 14.3 Å². The van der Waals surface area contributed by atoms with Crippen LogP contribution in [0.3, 0.4) is 0 Å². The van der Waals surface area contributed by atoms with Crippen LogP contribution < -0.4 is 5.32 Å². The van der Waals surface area contributed by atoms with Gasteiger partial charge in [-0.3, -0.25) is 0 Å². The maximum Gasteiger partial charge on any atom is 0.236 e. The highest BCUT2D eigenvalue weighted by Gasteiger charge is 2.07. The molecule has 0 fully saturated rings. The third kappa shape index (κ3) is 2.74. The average molecular weight is 234 g/mol. The highest BCUT2D eigenvalue weighted by Crippen LogP contribution is 2.13. The number of hydrogen-bond acceptors (Lipinski definition) is 4. The van der Waals surface area contributed by atoms with Crippen molar-refractivity contribution < 1.29 is 4.42 Å². The first-order valence-electron chi connectivity index (χ1n) is 5.87. The minimum Gasteiger partial charge on any atom is -0.423 e. The van der Waals surface area contributed by atoms with Gasteiger partial charge >= 0.3 is 0 Å². The molecular formula is C12H18N4O. The van der Waals surface area contributed by atoms with Crippen LogP contribution in [-0.2, 0) is 13.0 Å². The summed E-state index contributed by atoms with van der Waals surface area (Å²) in [5.74, 6) is 1.34. The third-order valence-electron chi connectivity index (χ3n) is 2.84. The monoisotopic (exact) mass is 234 g/mol. The molecule has 92 valence electrons. The molecule has 0 saturated heterocycles. The summed E-state index contributed by atoms with van der Waals surface area (Å²) < 4.78 is 7.53. The number of hydrogen-bond donors (Lipinski definition) is 1. The maximum absolute atomic E-state index is 5.47. The summed E-state index contributed by atoms with van der Waals surface area (Å²) in [6, 6.07) is 2.45. The minimum absolute atomic E-state index is 0.352. The fraction of sp³-hybridized carbons (Fsp3) is 0.500. The molecule has 2 aromatic rings. The number of aryl methyl sites for hydroxylation is 1. The van der Waals surface area contributed by atoms with E-state index in [1.165, 1.54) is 5.56 Å². The van der Waals surface area contributed by atoms with E-state index >= 15 is 0 Å². The Balaban J connectivity index is 2.06. The van der Waals surface area contributed by atoms with Crippen LogP contribution in [0.1, 0.15) is 37.2 Å². The van der Waals surface area contributed by atoms with Crippen molar-refractivity contribution in [2.75, 3.05) is 7.05 Å². The molecule has 17 heavy (non-hydrogen) atoms. The lowest BCUT2D eigenvalue weighted by Crippen LogP contribution is -2.11. The standard InChI is InChI=1S/C12H18N4O/c1-4-11-14-15-12(17-11)8-16-6-5-10(7-16)9(2)13-3/h5-7,9,13H,4,8H2,1-3H3. The molecule has 1 N–H and O–H groups in total. The Labute approximate surface area is 101 Å². The van der Waals surface area contributed by atoms with E-state index in [1.807, 2.05) is 20.2 Å². The predicted octanol–water partition coefficient (Wildman–Crippen LogP) is 1.76. The first kappa shape index (κ1) is 11.9. The molecule has 0 spiro atoms. The summed E-state index contributed by atoms with van der Waals surface area (Å²) in [6.07, 6.45) is 4.90. The largest absolute Gasteiger partial charge is 0.423 e. The SMILES string of the molecule is CCc1nnc(Cn2ccc(C(C)NC)c2)o1. The molecule has 0 aliphatic carbocycles. The van der Waals surface area contributed by atoms with Gasteiger partial charge in [-0.05, 0) is 25.6 Å². The predicted molar refractivity (Wildman–Crippen MR) is 64.7 cm³/mol. The molecule has 2 heterocycles. The van der Waals surface area contributed by atoms with Gasteiger partial charge in [0.15, 0.2) is 0 Å². The molecule has 0 aromatic carbocycles. The molecule has 0 bridgehead atoms. The normalized spacial score (nSPS) is 12.9. The number of nitrogens with one attached hydrogen (secondary N) is 1. The summed E-state index contributed by atoms with van der Waals surface area (Å²) in [4.78, 5) is 0. The summed E-state index contributed by atoms with van der Waals surface area (Å²) in [6.45, 7) is 4.75. The lowest BCUT2D eigenvalue weighted by molar-refractivity contribution is 0.442. The van der Waals surface area contributed by atoms with Gasteiger partial charge in [0, 0.05) is 24.9 Å². The van der Waals surface area contributed by atoms with Gasteiger partial charge in [0.1, 0.15) is 6.54 Å². The van der Waals surface area contributed by atoms with E-state index in [2.05, 4.69) is 39.3 Å². The Kier molecular flexibility index (Phi) is 3.58. The Hall–Kier alpha value is -1.62. The van der Waals surface area contributed by atoms with E-state index in [-0.39, 0.29) is 0 Å². The summed E-state index contributed by atoms with van der Waals surface area (Å²) >= 11 is 0. The highest BCUT2D eigenvalue weighted by molar-refractivity contribution is 5.14. The fourth-order valence-electron chi connectivity index (χ4n) is 1.63. The second-order valence-corrected chi connectivity index (χ2v) is 4.07. The molecule has 0 amide bonds. The van der Waals surface area contributed by atoms with Crippen LogP contribution >= 0.6 is 0 Å². The van der Waals surface area contributed by atoms with E-state index in [0.717, 1.165) is 6.42 Å². The molecule has 0 saturated carbocycles. The smallest absolute Gasteiger partial charge is 0.236 e. The van der Waals surface area contributed by atoms with Crippen LogP contribution in [0.25, 0.3) is 0 Å². The number of nitrogens with zero attached hydrogens (tertiary/aromatic N) is 3. The topological polar surface area (TPSA) is 55.9 Å². The maximum atomic E-state index is 5.47. The van der Waals surface area contributed by atoms with E-state index in [9.17, 15) is 0 Å². The first-order valence-corrected chi connectivity index (χ1v) is 5.87. The van der Waals surface area contributed by atoms with E-state index < -0.39 is 0 Å². The van der Waals surface area contributed by atoms with Crippen LogP contribution in [0.5, 0.6) is 0 Å². The van der Waals surface area contributed by atoms with E-state index in [4.69, 9.17) is 4.42 Å². The highest BCUT2D eigenvalue weighted by atomic mass is 16.4.